The highest BCUT2D eigenvalue weighted by molar-refractivity contribution is 9.10. The van der Waals surface area contributed by atoms with E-state index in [1.807, 2.05) is 6.07 Å². The summed E-state index contributed by atoms with van der Waals surface area (Å²) in [7, 11) is -2.12. The Labute approximate surface area is 137 Å². The third-order valence-corrected chi connectivity index (χ3v) is 5.97. The molecule has 0 aliphatic rings. The Morgan fingerprint density at radius 1 is 1.24 bits per heavy atom. The standard InChI is InChI=1S/C14H14BrClN2O2S/c1-18(9-10-3-2-4-11(16)7-10)21(19,20)14-8-12(17)5-6-13(14)15/h2-8H,9,17H2,1H3. The number of nitrogen functional groups attached to an aromatic ring is 1. The van der Waals surface area contributed by atoms with E-state index in [2.05, 4.69) is 15.9 Å². The monoisotopic (exact) mass is 388 g/mol. The van der Waals surface area contributed by atoms with E-state index >= 15 is 0 Å². The number of nitrogens with zero attached hydrogens (tertiary/aromatic N) is 1. The van der Waals surface area contributed by atoms with Crippen LogP contribution in [-0.4, -0.2) is 19.8 Å². The summed E-state index contributed by atoms with van der Waals surface area (Å²) < 4.78 is 26.9. The van der Waals surface area contributed by atoms with Gasteiger partial charge >= 0.3 is 0 Å². The summed E-state index contributed by atoms with van der Waals surface area (Å²) in [5.74, 6) is 0. The average Bonchev–Trinajstić information content (AvgIpc) is 2.41. The van der Waals surface area contributed by atoms with Gasteiger partial charge in [0.1, 0.15) is 0 Å². The molecule has 0 aliphatic heterocycles. The first kappa shape index (κ1) is 16.3. The van der Waals surface area contributed by atoms with Crippen LogP contribution in [-0.2, 0) is 16.6 Å². The van der Waals surface area contributed by atoms with Gasteiger partial charge in [-0.25, -0.2) is 8.42 Å². The second-order valence-electron chi connectivity index (χ2n) is 4.58. The maximum Gasteiger partial charge on any atom is 0.244 e. The van der Waals surface area contributed by atoms with E-state index in [1.165, 1.54) is 17.4 Å². The molecule has 0 heterocycles. The van der Waals surface area contributed by atoms with Crippen molar-refractivity contribution in [3.63, 3.8) is 0 Å². The number of sulfonamides is 1. The van der Waals surface area contributed by atoms with Crippen LogP contribution in [0.15, 0.2) is 51.8 Å². The van der Waals surface area contributed by atoms with Crippen LogP contribution in [0.2, 0.25) is 5.02 Å². The minimum atomic E-state index is -3.64. The molecule has 2 rings (SSSR count). The molecular weight excluding hydrogens is 376 g/mol. The van der Waals surface area contributed by atoms with E-state index in [1.54, 1.807) is 30.3 Å². The first-order chi connectivity index (χ1) is 9.80. The van der Waals surface area contributed by atoms with Crippen LogP contribution >= 0.6 is 27.5 Å². The third-order valence-electron chi connectivity index (χ3n) is 2.94. The topological polar surface area (TPSA) is 63.4 Å². The Morgan fingerprint density at radius 2 is 1.95 bits per heavy atom. The summed E-state index contributed by atoms with van der Waals surface area (Å²) in [6.07, 6.45) is 0. The predicted octanol–water partition coefficient (Wildman–Crippen LogP) is 3.51. The summed E-state index contributed by atoms with van der Waals surface area (Å²) in [6, 6.07) is 11.8. The number of hydrogen-bond donors (Lipinski definition) is 1. The number of benzene rings is 2. The van der Waals surface area contributed by atoms with Gasteiger partial charge in [0.15, 0.2) is 0 Å². The molecule has 0 bridgehead atoms. The fraction of sp³-hybridized carbons (Fsp3) is 0.143. The number of rotatable bonds is 4. The summed E-state index contributed by atoms with van der Waals surface area (Å²) in [4.78, 5) is 0.145. The normalized spacial score (nSPS) is 11.8. The number of anilines is 1. The number of halogens is 2. The van der Waals surface area contributed by atoms with Gasteiger partial charge in [-0.05, 0) is 51.8 Å². The van der Waals surface area contributed by atoms with Crippen LogP contribution < -0.4 is 5.73 Å². The quantitative estimate of drug-likeness (QED) is 0.814. The van der Waals surface area contributed by atoms with E-state index in [-0.39, 0.29) is 11.4 Å². The van der Waals surface area contributed by atoms with Gasteiger partial charge in [0, 0.05) is 28.8 Å². The molecule has 7 heteroatoms. The van der Waals surface area contributed by atoms with Crippen molar-refractivity contribution in [3.05, 3.63) is 57.5 Å². The van der Waals surface area contributed by atoms with Crippen molar-refractivity contribution in [2.75, 3.05) is 12.8 Å². The lowest BCUT2D eigenvalue weighted by atomic mass is 10.2. The highest BCUT2D eigenvalue weighted by atomic mass is 79.9. The lowest BCUT2D eigenvalue weighted by molar-refractivity contribution is 0.466. The van der Waals surface area contributed by atoms with Crippen LogP contribution in [0.5, 0.6) is 0 Å². The Hall–Kier alpha value is -1.08. The molecule has 112 valence electrons. The van der Waals surface area contributed by atoms with Gasteiger partial charge in [-0.15, -0.1) is 0 Å². The Bertz CT molecular complexity index is 765. The number of hydrogen-bond acceptors (Lipinski definition) is 3. The second kappa shape index (κ2) is 6.36. The van der Waals surface area contributed by atoms with E-state index in [0.29, 0.717) is 15.2 Å². The minimum absolute atomic E-state index is 0.145. The zero-order valence-corrected chi connectivity index (χ0v) is 14.4. The zero-order chi connectivity index (χ0) is 15.6. The van der Waals surface area contributed by atoms with Gasteiger partial charge in [0.05, 0.1) is 4.90 Å². The van der Waals surface area contributed by atoms with Crippen molar-refractivity contribution < 1.29 is 8.42 Å². The molecule has 0 saturated heterocycles. The molecule has 21 heavy (non-hydrogen) atoms. The lowest BCUT2D eigenvalue weighted by Crippen LogP contribution is -2.26. The maximum atomic E-state index is 12.6. The highest BCUT2D eigenvalue weighted by Gasteiger charge is 2.23. The molecular formula is C14H14BrClN2O2S. The summed E-state index contributed by atoms with van der Waals surface area (Å²) in [6.45, 7) is 0.226. The van der Waals surface area contributed by atoms with Crippen LogP contribution in [0.1, 0.15) is 5.56 Å². The zero-order valence-electron chi connectivity index (χ0n) is 11.3. The largest absolute Gasteiger partial charge is 0.399 e. The first-order valence-corrected chi connectivity index (χ1v) is 8.67. The Morgan fingerprint density at radius 3 is 2.62 bits per heavy atom. The average molecular weight is 390 g/mol. The molecule has 2 aromatic carbocycles. The van der Waals surface area contributed by atoms with E-state index < -0.39 is 10.0 Å². The molecule has 4 nitrogen and oxygen atoms in total. The molecule has 2 aromatic rings. The molecule has 0 fully saturated rings. The van der Waals surface area contributed by atoms with Gasteiger partial charge in [0.2, 0.25) is 10.0 Å². The summed E-state index contributed by atoms with van der Waals surface area (Å²) in [5, 5.41) is 0.573. The number of nitrogens with two attached hydrogens (primary N) is 1. The minimum Gasteiger partial charge on any atom is -0.399 e. The maximum absolute atomic E-state index is 12.6. The van der Waals surface area contributed by atoms with E-state index in [9.17, 15) is 8.42 Å². The molecule has 0 amide bonds. The van der Waals surface area contributed by atoms with Gasteiger partial charge in [-0.3, -0.25) is 0 Å². The van der Waals surface area contributed by atoms with Crippen molar-refractivity contribution in [1.29, 1.82) is 0 Å². The third kappa shape index (κ3) is 3.77. The van der Waals surface area contributed by atoms with Crippen molar-refractivity contribution in [1.82, 2.24) is 4.31 Å². The smallest absolute Gasteiger partial charge is 0.244 e. The summed E-state index contributed by atoms with van der Waals surface area (Å²) in [5.41, 5.74) is 6.89. The van der Waals surface area contributed by atoms with Gasteiger partial charge in [-0.2, -0.15) is 4.31 Å². The fourth-order valence-electron chi connectivity index (χ4n) is 1.86. The second-order valence-corrected chi connectivity index (χ2v) is 7.88. The van der Waals surface area contributed by atoms with Gasteiger partial charge in [-0.1, -0.05) is 23.7 Å². The molecule has 0 unspecified atom stereocenters. The van der Waals surface area contributed by atoms with Gasteiger partial charge < -0.3 is 5.73 Å². The molecule has 0 aromatic heterocycles. The van der Waals surface area contributed by atoms with Crippen molar-refractivity contribution >= 4 is 43.2 Å². The molecule has 0 atom stereocenters. The SMILES string of the molecule is CN(Cc1cccc(Cl)c1)S(=O)(=O)c1cc(N)ccc1Br. The fourth-order valence-corrected chi connectivity index (χ4v) is 4.19. The summed E-state index contributed by atoms with van der Waals surface area (Å²) >= 11 is 9.16. The lowest BCUT2D eigenvalue weighted by Gasteiger charge is -2.18. The molecule has 0 radical (unpaired) electrons. The predicted molar refractivity (Wildman–Crippen MR) is 88.7 cm³/mol. The highest BCUT2D eigenvalue weighted by Crippen LogP contribution is 2.27. The van der Waals surface area contributed by atoms with Gasteiger partial charge in [0.25, 0.3) is 0 Å². The van der Waals surface area contributed by atoms with Crippen molar-refractivity contribution in [2.24, 2.45) is 0 Å². The Balaban J connectivity index is 2.33. The van der Waals surface area contributed by atoms with Crippen LogP contribution in [0.25, 0.3) is 0 Å². The van der Waals surface area contributed by atoms with Crippen molar-refractivity contribution in [2.45, 2.75) is 11.4 Å². The van der Waals surface area contributed by atoms with Crippen molar-refractivity contribution in [3.8, 4) is 0 Å². The van der Waals surface area contributed by atoms with E-state index in [0.717, 1.165) is 5.56 Å². The molecule has 0 aliphatic carbocycles. The van der Waals surface area contributed by atoms with Crippen LogP contribution in [0.3, 0.4) is 0 Å². The van der Waals surface area contributed by atoms with Crippen LogP contribution in [0.4, 0.5) is 5.69 Å². The molecule has 0 spiro atoms. The van der Waals surface area contributed by atoms with Crippen LogP contribution in [0, 0.1) is 0 Å². The molecule has 0 saturated carbocycles. The van der Waals surface area contributed by atoms with E-state index in [4.69, 9.17) is 17.3 Å². The first-order valence-electron chi connectivity index (χ1n) is 6.06. The Kier molecular flexibility index (Phi) is 4.93. The molecule has 2 N–H and O–H groups in total.